The van der Waals surface area contributed by atoms with E-state index in [4.69, 9.17) is 0 Å². The molecule has 2 heterocycles. The summed E-state index contributed by atoms with van der Waals surface area (Å²) >= 11 is 0. The van der Waals surface area contributed by atoms with Gasteiger partial charge in [-0.15, -0.1) is 0 Å². The number of nitro groups is 1. The number of hydrogen-bond acceptors (Lipinski definition) is 6. The van der Waals surface area contributed by atoms with Gasteiger partial charge in [0.05, 0.1) is 16.8 Å². The molecule has 0 spiro atoms. The second kappa shape index (κ2) is 7.30. The normalized spacial score (nSPS) is 10.9. The predicted molar refractivity (Wildman–Crippen MR) is 99.4 cm³/mol. The lowest BCUT2D eigenvalue weighted by molar-refractivity contribution is -0.384. The average Bonchev–Trinajstić information content (AvgIpc) is 3.10. The fourth-order valence-corrected chi connectivity index (χ4v) is 2.44. The maximum Gasteiger partial charge on any atom is 0.269 e. The van der Waals surface area contributed by atoms with Gasteiger partial charge in [0.15, 0.2) is 5.82 Å². The summed E-state index contributed by atoms with van der Waals surface area (Å²) in [5.74, 6) is 1.19. The van der Waals surface area contributed by atoms with Gasteiger partial charge in [0.2, 0.25) is 0 Å². The molecular formula is C18H20N6O2. The predicted octanol–water partition coefficient (Wildman–Crippen LogP) is 4.14. The summed E-state index contributed by atoms with van der Waals surface area (Å²) in [5, 5.41) is 18.4. The molecule has 1 N–H and O–H groups in total. The molecule has 0 saturated carbocycles. The van der Waals surface area contributed by atoms with Crippen LogP contribution in [0, 0.1) is 10.1 Å². The smallest absolute Gasteiger partial charge is 0.269 e. The molecule has 1 aromatic carbocycles. The number of nitro benzene ring substituents is 1. The Kier molecular flexibility index (Phi) is 4.92. The van der Waals surface area contributed by atoms with E-state index in [1.54, 1.807) is 18.3 Å². The van der Waals surface area contributed by atoms with E-state index in [2.05, 4.69) is 34.2 Å². The van der Waals surface area contributed by atoms with Crippen molar-refractivity contribution in [1.29, 1.82) is 0 Å². The number of aromatic nitrogens is 4. The van der Waals surface area contributed by atoms with Gasteiger partial charge < -0.3 is 5.32 Å². The Morgan fingerprint density at radius 1 is 1.23 bits per heavy atom. The molecule has 0 bridgehead atoms. The zero-order chi connectivity index (χ0) is 18.7. The van der Waals surface area contributed by atoms with Crippen LogP contribution in [0.15, 0.2) is 42.7 Å². The van der Waals surface area contributed by atoms with Gasteiger partial charge in [0.25, 0.3) is 5.69 Å². The molecular weight excluding hydrogens is 332 g/mol. The van der Waals surface area contributed by atoms with E-state index in [-0.39, 0.29) is 11.7 Å². The van der Waals surface area contributed by atoms with Gasteiger partial charge in [0, 0.05) is 41.7 Å². The van der Waals surface area contributed by atoms with Gasteiger partial charge in [-0.05, 0) is 32.4 Å². The number of nitrogens with one attached hydrogen (secondary N) is 1. The Hall–Kier alpha value is -3.29. The van der Waals surface area contributed by atoms with Crippen LogP contribution in [-0.2, 0) is 6.42 Å². The number of hydrogen-bond donors (Lipinski definition) is 1. The van der Waals surface area contributed by atoms with E-state index >= 15 is 0 Å². The van der Waals surface area contributed by atoms with E-state index in [1.165, 1.54) is 12.1 Å². The first-order chi connectivity index (χ1) is 12.5. The van der Waals surface area contributed by atoms with Gasteiger partial charge in [-0.1, -0.05) is 6.92 Å². The molecule has 8 nitrogen and oxygen atoms in total. The van der Waals surface area contributed by atoms with Crippen LogP contribution in [0.1, 0.15) is 32.5 Å². The molecule has 0 aliphatic carbocycles. The van der Waals surface area contributed by atoms with E-state index in [0.717, 1.165) is 23.4 Å². The van der Waals surface area contributed by atoms with Crippen LogP contribution in [0.5, 0.6) is 0 Å². The van der Waals surface area contributed by atoms with Gasteiger partial charge in [-0.2, -0.15) is 5.10 Å². The van der Waals surface area contributed by atoms with Crippen LogP contribution in [0.4, 0.5) is 17.2 Å². The number of rotatable bonds is 6. The Balaban J connectivity index is 1.91. The van der Waals surface area contributed by atoms with Crippen LogP contribution in [0.2, 0.25) is 0 Å². The van der Waals surface area contributed by atoms with E-state index < -0.39 is 4.92 Å². The fourth-order valence-electron chi connectivity index (χ4n) is 2.44. The van der Waals surface area contributed by atoms with Crippen molar-refractivity contribution in [1.82, 2.24) is 19.7 Å². The third-order valence-corrected chi connectivity index (χ3v) is 3.88. The maximum absolute atomic E-state index is 10.8. The second-order valence-corrected chi connectivity index (χ2v) is 6.15. The number of benzene rings is 1. The Morgan fingerprint density at radius 2 is 1.96 bits per heavy atom. The minimum absolute atomic E-state index is 0.0415. The standard InChI is InChI=1S/C18H20N6O2/c1-4-14-9-17(20-15-10-19-23(11-15)12(2)3)22-18(21-14)13-5-7-16(8-6-13)24(25)26/h5-12H,4H2,1-3H3,(H,20,21,22). The van der Waals surface area contributed by atoms with Crippen LogP contribution in [0.25, 0.3) is 11.4 Å². The minimum Gasteiger partial charge on any atom is -0.338 e. The van der Waals surface area contributed by atoms with E-state index in [9.17, 15) is 10.1 Å². The highest BCUT2D eigenvalue weighted by molar-refractivity contribution is 5.62. The van der Waals surface area contributed by atoms with E-state index in [1.807, 2.05) is 23.9 Å². The summed E-state index contributed by atoms with van der Waals surface area (Å²) in [6.45, 7) is 6.13. The molecule has 0 radical (unpaired) electrons. The van der Waals surface area contributed by atoms with Crippen molar-refractivity contribution in [3.8, 4) is 11.4 Å². The largest absolute Gasteiger partial charge is 0.338 e. The van der Waals surface area contributed by atoms with Gasteiger partial charge in [0.1, 0.15) is 5.82 Å². The second-order valence-electron chi connectivity index (χ2n) is 6.15. The summed E-state index contributed by atoms with van der Waals surface area (Å²) in [6, 6.07) is 8.40. The van der Waals surface area contributed by atoms with Crippen molar-refractivity contribution in [2.24, 2.45) is 0 Å². The van der Waals surface area contributed by atoms with Crippen LogP contribution < -0.4 is 5.32 Å². The van der Waals surface area contributed by atoms with Crippen molar-refractivity contribution in [2.45, 2.75) is 33.2 Å². The Labute approximate surface area is 151 Å². The molecule has 0 unspecified atom stereocenters. The van der Waals surface area contributed by atoms with Crippen LogP contribution in [-0.4, -0.2) is 24.7 Å². The molecule has 0 amide bonds. The number of non-ortho nitro benzene ring substituents is 1. The van der Waals surface area contributed by atoms with Crippen molar-refractivity contribution in [3.63, 3.8) is 0 Å². The third kappa shape index (κ3) is 3.85. The molecule has 3 rings (SSSR count). The van der Waals surface area contributed by atoms with Crippen molar-refractivity contribution >= 4 is 17.2 Å². The zero-order valence-corrected chi connectivity index (χ0v) is 14.9. The molecule has 0 saturated heterocycles. The number of aryl methyl sites for hydroxylation is 1. The molecule has 0 aliphatic rings. The van der Waals surface area contributed by atoms with Gasteiger partial charge in [-0.3, -0.25) is 14.8 Å². The van der Waals surface area contributed by atoms with E-state index in [0.29, 0.717) is 11.6 Å². The first-order valence-electron chi connectivity index (χ1n) is 8.40. The summed E-state index contributed by atoms with van der Waals surface area (Å²) in [6.07, 6.45) is 4.42. The average molecular weight is 352 g/mol. The number of anilines is 2. The first kappa shape index (κ1) is 17.5. The minimum atomic E-state index is -0.424. The van der Waals surface area contributed by atoms with Crippen LogP contribution in [0.3, 0.4) is 0 Å². The Bertz CT molecular complexity index is 918. The quantitative estimate of drug-likeness (QED) is 0.529. The van der Waals surface area contributed by atoms with Gasteiger partial charge >= 0.3 is 0 Å². The fraction of sp³-hybridized carbons (Fsp3) is 0.278. The molecule has 3 aromatic rings. The topological polar surface area (TPSA) is 98.8 Å². The summed E-state index contributed by atoms with van der Waals surface area (Å²) in [5.41, 5.74) is 2.49. The lowest BCUT2D eigenvalue weighted by Crippen LogP contribution is -2.01. The monoisotopic (exact) mass is 352 g/mol. The summed E-state index contributed by atoms with van der Waals surface area (Å²) in [4.78, 5) is 19.5. The van der Waals surface area contributed by atoms with Crippen LogP contribution >= 0.6 is 0 Å². The SMILES string of the molecule is CCc1cc(Nc2cnn(C(C)C)c2)nc(-c2ccc([N+](=O)[O-])cc2)n1. The first-order valence-corrected chi connectivity index (χ1v) is 8.40. The number of nitrogens with zero attached hydrogens (tertiary/aromatic N) is 5. The molecule has 2 aromatic heterocycles. The highest BCUT2D eigenvalue weighted by Gasteiger charge is 2.10. The molecule has 0 fully saturated rings. The lowest BCUT2D eigenvalue weighted by Gasteiger charge is -2.08. The van der Waals surface area contributed by atoms with Gasteiger partial charge in [-0.25, -0.2) is 9.97 Å². The molecule has 0 atom stereocenters. The summed E-state index contributed by atoms with van der Waals surface area (Å²) < 4.78 is 1.86. The van der Waals surface area contributed by atoms with Crippen molar-refractivity contribution < 1.29 is 4.92 Å². The third-order valence-electron chi connectivity index (χ3n) is 3.88. The zero-order valence-electron chi connectivity index (χ0n) is 14.9. The maximum atomic E-state index is 10.8. The molecule has 26 heavy (non-hydrogen) atoms. The Morgan fingerprint density at radius 3 is 2.54 bits per heavy atom. The molecule has 134 valence electrons. The van der Waals surface area contributed by atoms with Crippen molar-refractivity contribution in [3.05, 3.63) is 58.5 Å². The molecule has 8 heteroatoms. The highest BCUT2D eigenvalue weighted by Crippen LogP contribution is 2.23. The molecule has 0 aliphatic heterocycles. The summed E-state index contributed by atoms with van der Waals surface area (Å²) in [7, 11) is 0. The lowest BCUT2D eigenvalue weighted by atomic mass is 10.2. The highest BCUT2D eigenvalue weighted by atomic mass is 16.6. The van der Waals surface area contributed by atoms with Crippen molar-refractivity contribution in [2.75, 3.05) is 5.32 Å².